The van der Waals surface area contributed by atoms with Crippen molar-refractivity contribution in [1.82, 2.24) is 15.5 Å². The Bertz CT molecular complexity index is 688. The Morgan fingerprint density at radius 2 is 2.21 bits per heavy atom. The van der Waals surface area contributed by atoms with Crippen LogP contribution in [0, 0.1) is 6.92 Å². The molecule has 2 N–H and O–H groups in total. The van der Waals surface area contributed by atoms with Gasteiger partial charge in [0.25, 0.3) is 0 Å². The Morgan fingerprint density at radius 1 is 1.42 bits per heavy atom. The molecule has 1 amide bonds. The van der Waals surface area contributed by atoms with Crippen LogP contribution in [0.1, 0.15) is 24.1 Å². The lowest BCUT2D eigenvalue weighted by Gasteiger charge is -2.11. The first-order valence-electron chi connectivity index (χ1n) is 8.24. The molecule has 6 nitrogen and oxygen atoms in total. The molecule has 0 aliphatic carbocycles. The topological polar surface area (TPSA) is 76.2 Å². The second kappa shape index (κ2) is 7.49. The molecule has 128 valence electrons. The molecule has 1 fully saturated rings. The first kappa shape index (κ1) is 16.5. The van der Waals surface area contributed by atoms with E-state index in [1.807, 2.05) is 31.2 Å². The number of hydrogen-bond acceptors (Lipinski definition) is 4. The van der Waals surface area contributed by atoms with Crippen molar-refractivity contribution in [3.8, 4) is 17.0 Å². The van der Waals surface area contributed by atoms with Gasteiger partial charge in [-0.05, 0) is 44.0 Å². The zero-order chi connectivity index (χ0) is 16.9. The van der Waals surface area contributed by atoms with Crippen LogP contribution in [0.3, 0.4) is 0 Å². The van der Waals surface area contributed by atoms with Crippen LogP contribution in [0.15, 0.2) is 24.3 Å². The van der Waals surface area contributed by atoms with Crippen LogP contribution in [0.4, 0.5) is 0 Å². The van der Waals surface area contributed by atoms with Gasteiger partial charge in [0, 0.05) is 30.0 Å². The minimum Gasteiger partial charge on any atom is -0.497 e. The van der Waals surface area contributed by atoms with Crippen molar-refractivity contribution in [2.24, 2.45) is 0 Å². The molecule has 2 aromatic rings. The van der Waals surface area contributed by atoms with E-state index in [0.29, 0.717) is 13.0 Å². The molecule has 1 aromatic heterocycles. The van der Waals surface area contributed by atoms with Gasteiger partial charge in [-0.1, -0.05) is 0 Å². The number of aromatic amines is 1. The minimum atomic E-state index is -0.00948. The highest BCUT2D eigenvalue weighted by molar-refractivity contribution is 5.81. The van der Waals surface area contributed by atoms with Crippen molar-refractivity contribution in [1.29, 1.82) is 0 Å². The number of carbonyl (C=O) groups excluding carboxylic acids is 1. The maximum absolute atomic E-state index is 12.3. The monoisotopic (exact) mass is 329 g/mol. The first-order chi connectivity index (χ1) is 11.7. The number of H-pyrrole nitrogens is 1. The van der Waals surface area contributed by atoms with Crippen molar-refractivity contribution in [2.45, 2.75) is 32.3 Å². The van der Waals surface area contributed by atoms with E-state index in [2.05, 4.69) is 15.5 Å². The van der Waals surface area contributed by atoms with Gasteiger partial charge in [-0.3, -0.25) is 9.89 Å². The number of nitrogens with one attached hydrogen (secondary N) is 2. The third kappa shape index (κ3) is 3.76. The van der Waals surface area contributed by atoms with E-state index in [0.717, 1.165) is 47.7 Å². The molecule has 0 saturated carbocycles. The van der Waals surface area contributed by atoms with E-state index in [1.165, 1.54) is 0 Å². The van der Waals surface area contributed by atoms with Crippen molar-refractivity contribution in [3.05, 3.63) is 35.5 Å². The van der Waals surface area contributed by atoms with E-state index in [1.54, 1.807) is 7.11 Å². The average molecular weight is 329 g/mol. The SMILES string of the molecule is COc1ccc(-c2n[nH]c(C)c2CC(=O)NCC2CCCO2)cc1. The number of rotatable bonds is 6. The number of aryl methyl sites for hydroxylation is 1. The highest BCUT2D eigenvalue weighted by Crippen LogP contribution is 2.26. The normalized spacial score (nSPS) is 17.0. The van der Waals surface area contributed by atoms with Crippen LogP contribution < -0.4 is 10.1 Å². The van der Waals surface area contributed by atoms with E-state index in [9.17, 15) is 4.79 Å². The standard InChI is InChI=1S/C18H23N3O3/c1-12-16(10-17(22)19-11-15-4-3-9-24-15)18(21-20-12)13-5-7-14(23-2)8-6-13/h5-8,15H,3-4,9-11H2,1-2H3,(H,19,22)(H,20,21). The molecule has 1 aliphatic heterocycles. The Labute approximate surface area is 141 Å². The lowest BCUT2D eigenvalue weighted by Crippen LogP contribution is -2.32. The maximum atomic E-state index is 12.3. The van der Waals surface area contributed by atoms with Crippen molar-refractivity contribution >= 4 is 5.91 Å². The molecular weight excluding hydrogens is 306 g/mol. The van der Waals surface area contributed by atoms with E-state index in [-0.39, 0.29) is 12.0 Å². The molecule has 3 rings (SSSR count). The second-order valence-corrected chi connectivity index (χ2v) is 6.02. The second-order valence-electron chi connectivity index (χ2n) is 6.02. The number of nitrogens with zero attached hydrogens (tertiary/aromatic N) is 1. The van der Waals surface area contributed by atoms with Gasteiger partial charge in [0.2, 0.25) is 5.91 Å². The van der Waals surface area contributed by atoms with Crippen molar-refractivity contribution in [3.63, 3.8) is 0 Å². The van der Waals surface area contributed by atoms with Crippen LogP contribution in [-0.4, -0.2) is 42.5 Å². The maximum Gasteiger partial charge on any atom is 0.224 e. The highest BCUT2D eigenvalue weighted by Gasteiger charge is 2.19. The molecule has 0 spiro atoms. The van der Waals surface area contributed by atoms with Crippen LogP contribution in [0.5, 0.6) is 5.75 Å². The Morgan fingerprint density at radius 3 is 2.88 bits per heavy atom. The number of amides is 1. The van der Waals surface area contributed by atoms with Gasteiger partial charge < -0.3 is 14.8 Å². The summed E-state index contributed by atoms with van der Waals surface area (Å²) in [6, 6.07) is 7.67. The summed E-state index contributed by atoms with van der Waals surface area (Å²) in [5, 5.41) is 10.3. The third-order valence-corrected chi connectivity index (χ3v) is 4.33. The molecule has 1 saturated heterocycles. The summed E-state index contributed by atoms with van der Waals surface area (Å²) in [7, 11) is 1.64. The fourth-order valence-electron chi connectivity index (χ4n) is 2.91. The summed E-state index contributed by atoms with van der Waals surface area (Å²) in [5.74, 6) is 0.784. The smallest absolute Gasteiger partial charge is 0.224 e. The molecule has 0 radical (unpaired) electrons. The summed E-state index contributed by atoms with van der Waals surface area (Å²) in [6.07, 6.45) is 2.54. The number of benzene rings is 1. The molecule has 24 heavy (non-hydrogen) atoms. The predicted octanol–water partition coefficient (Wildman–Crippen LogP) is 2.23. The highest BCUT2D eigenvalue weighted by atomic mass is 16.5. The lowest BCUT2D eigenvalue weighted by molar-refractivity contribution is -0.120. The molecular formula is C18H23N3O3. The molecule has 6 heteroatoms. The largest absolute Gasteiger partial charge is 0.497 e. The van der Waals surface area contributed by atoms with Gasteiger partial charge in [0.1, 0.15) is 5.75 Å². The lowest BCUT2D eigenvalue weighted by atomic mass is 10.0. The fourth-order valence-corrected chi connectivity index (χ4v) is 2.91. The van der Waals surface area contributed by atoms with Gasteiger partial charge >= 0.3 is 0 Å². The number of ether oxygens (including phenoxy) is 2. The van der Waals surface area contributed by atoms with E-state index >= 15 is 0 Å². The average Bonchev–Trinajstić information content (AvgIpc) is 3.24. The summed E-state index contributed by atoms with van der Waals surface area (Å²) in [5.41, 5.74) is 3.60. The van der Waals surface area contributed by atoms with E-state index < -0.39 is 0 Å². The zero-order valence-corrected chi connectivity index (χ0v) is 14.1. The van der Waals surface area contributed by atoms with Crippen LogP contribution in [0.2, 0.25) is 0 Å². The van der Waals surface area contributed by atoms with Crippen LogP contribution >= 0.6 is 0 Å². The quantitative estimate of drug-likeness (QED) is 0.852. The minimum absolute atomic E-state index is 0.00948. The van der Waals surface area contributed by atoms with Crippen LogP contribution in [-0.2, 0) is 16.0 Å². The first-order valence-corrected chi connectivity index (χ1v) is 8.24. The predicted molar refractivity (Wildman–Crippen MR) is 91.0 cm³/mol. The van der Waals surface area contributed by atoms with Gasteiger partial charge in [-0.25, -0.2) is 0 Å². The summed E-state index contributed by atoms with van der Waals surface area (Å²) in [6.45, 7) is 3.30. The number of aromatic nitrogens is 2. The van der Waals surface area contributed by atoms with E-state index in [4.69, 9.17) is 9.47 Å². The molecule has 1 atom stereocenters. The fraction of sp³-hybridized carbons (Fsp3) is 0.444. The molecule has 1 unspecified atom stereocenters. The van der Waals surface area contributed by atoms with Crippen molar-refractivity contribution < 1.29 is 14.3 Å². The van der Waals surface area contributed by atoms with Crippen LogP contribution in [0.25, 0.3) is 11.3 Å². The number of hydrogen-bond donors (Lipinski definition) is 2. The summed E-state index contributed by atoms with van der Waals surface area (Å²) >= 11 is 0. The number of carbonyl (C=O) groups is 1. The van der Waals surface area contributed by atoms with Crippen molar-refractivity contribution in [2.75, 3.05) is 20.3 Å². The zero-order valence-electron chi connectivity index (χ0n) is 14.1. The van der Waals surface area contributed by atoms with Gasteiger partial charge in [0.05, 0.1) is 25.3 Å². The Kier molecular flexibility index (Phi) is 5.15. The third-order valence-electron chi connectivity index (χ3n) is 4.33. The summed E-state index contributed by atoms with van der Waals surface area (Å²) < 4.78 is 10.7. The Hall–Kier alpha value is -2.34. The molecule has 0 bridgehead atoms. The molecule has 2 heterocycles. The van der Waals surface area contributed by atoms with Gasteiger partial charge in [0.15, 0.2) is 0 Å². The van der Waals surface area contributed by atoms with Gasteiger partial charge in [-0.2, -0.15) is 5.10 Å². The number of methoxy groups -OCH3 is 1. The molecule has 1 aromatic carbocycles. The Balaban J connectivity index is 1.68. The summed E-state index contributed by atoms with van der Waals surface area (Å²) in [4.78, 5) is 12.3. The molecule has 1 aliphatic rings. The van der Waals surface area contributed by atoms with Gasteiger partial charge in [-0.15, -0.1) is 0 Å².